The van der Waals surface area contributed by atoms with Crippen LogP contribution < -0.4 is 9.62 Å². The lowest BCUT2D eigenvalue weighted by Crippen LogP contribution is -2.44. The maximum Gasteiger partial charge on any atom is 0.413 e. The van der Waals surface area contributed by atoms with Crippen LogP contribution in [0.2, 0.25) is 0 Å². The second kappa shape index (κ2) is 8.56. The number of ether oxygens (including phenoxy) is 1. The van der Waals surface area contributed by atoms with E-state index in [2.05, 4.69) is 4.72 Å². The van der Waals surface area contributed by atoms with E-state index in [0.717, 1.165) is 0 Å². The lowest BCUT2D eigenvalue weighted by molar-refractivity contribution is -0.140. The van der Waals surface area contributed by atoms with E-state index in [0.29, 0.717) is 34.2 Å². The summed E-state index contributed by atoms with van der Waals surface area (Å²) in [6.07, 6.45) is -0.493. The average Bonchev–Trinajstić information content (AvgIpc) is 3.09. The smallest absolute Gasteiger partial charge is 0.413 e. The van der Waals surface area contributed by atoms with Gasteiger partial charge >= 0.3 is 12.1 Å². The van der Waals surface area contributed by atoms with Gasteiger partial charge in [-0.25, -0.2) is 13.2 Å². The highest BCUT2D eigenvalue weighted by molar-refractivity contribution is 7.89. The highest BCUT2D eigenvalue weighted by atomic mass is 32.2. The van der Waals surface area contributed by atoms with Crippen LogP contribution in [-0.2, 0) is 19.6 Å². The van der Waals surface area contributed by atoms with Crippen LogP contribution >= 0.6 is 0 Å². The molecule has 0 aliphatic rings. The predicted molar refractivity (Wildman–Crippen MR) is 116 cm³/mol. The van der Waals surface area contributed by atoms with Gasteiger partial charge in [-0.3, -0.25) is 9.69 Å². The summed E-state index contributed by atoms with van der Waals surface area (Å²) in [7, 11) is -2.77. The summed E-state index contributed by atoms with van der Waals surface area (Å²) in [5.41, 5.74) is 1.46. The van der Waals surface area contributed by atoms with Crippen LogP contribution in [0.25, 0.3) is 21.9 Å². The fraction of sp³-hybridized carbons (Fsp3) is 0.333. The Morgan fingerprint density at radius 3 is 2.42 bits per heavy atom. The number of sulfonamides is 1. The first-order valence-corrected chi connectivity index (χ1v) is 11.1. The Hall–Kier alpha value is -3.11. The molecule has 3 rings (SSSR count). The molecule has 0 bridgehead atoms. The number of nitrogens with one attached hydrogen (secondary N) is 1. The van der Waals surface area contributed by atoms with Crippen molar-refractivity contribution in [2.75, 3.05) is 18.6 Å². The zero-order chi connectivity index (χ0) is 22.9. The fourth-order valence-electron chi connectivity index (χ4n) is 3.31. The molecule has 31 heavy (non-hydrogen) atoms. The molecule has 166 valence electrons. The number of nitrogens with zero attached hydrogens (tertiary/aromatic N) is 1. The summed E-state index contributed by atoms with van der Waals surface area (Å²) in [5.74, 6) is -1.68. The number of carbonyl (C=O) groups excluding carboxylic acids is 1. The van der Waals surface area contributed by atoms with Gasteiger partial charge in [-0.1, -0.05) is 13.8 Å². The van der Waals surface area contributed by atoms with Crippen molar-refractivity contribution in [3.8, 4) is 0 Å². The maximum atomic E-state index is 12.7. The Labute approximate surface area is 179 Å². The second-order valence-electron chi connectivity index (χ2n) is 7.34. The number of hydrogen-bond acceptors (Lipinski definition) is 6. The second-order valence-corrected chi connectivity index (χ2v) is 9.05. The monoisotopic (exact) mass is 448 g/mol. The number of carbonyl (C=O) groups is 2. The number of hydrogen-bond donors (Lipinski definition) is 2. The van der Waals surface area contributed by atoms with Crippen molar-refractivity contribution in [1.82, 2.24) is 4.72 Å². The van der Waals surface area contributed by atoms with Crippen LogP contribution in [0.3, 0.4) is 0 Å². The number of aliphatic carboxylic acids is 1. The molecule has 10 heteroatoms. The number of methoxy groups -OCH3 is 1. The summed E-state index contributed by atoms with van der Waals surface area (Å²) in [6.45, 7) is 5.47. The molecule has 0 saturated carbocycles. The summed E-state index contributed by atoms with van der Waals surface area (Å²) in [4.78, 5) is 24.7. The van der Waals surface area contributed by atoms with Crippen LogP contribution in [0.1, 0.15) is 20.8 Å². The van der Waals surface area contributed by atoms with Gasteiger partial charge in [-0.2, -0.15) is 4.72 Å². The third-order valence-electron chi connectivity index (χ3n) is 4.97. The lowest BCUT2D eigenvalue weighted by atomic mass is 10.1. The molecule has 2 aromatic carbocycles. The van der Waals surface area contributed by atoms with E-state index in [9.17, 15) is 23.1 Å². The van der Waals surface area contributed by atoms with Crippen molar-refractivity contribution in [2.24, 2.45) is 5.92 Å². The quantitative estimate of drug-likeness (QED) is 0.566. The van der Waals surface area contributed by atoms with Crippen molar-refractivity contribution >= 4 is 49.7 Å². The van der Waals surface area contributed by atoms with Gasteiger partial charge < -0.3 is 14.3 Å². The van der Waals surface area contributed by atoms with Crippen LogP contribution in [0.4, 0.5) is 10.5 Å². The van der Waals surface area contributed by atoms with Gasteiger partial charge in [0.15, 0.2) is 0 Å². The van der Waals surface area contributed by atoms with Crippen molar-refractivity contribution in [1.29, 1.82) is 0 Å². The van der Waals surface area contributed by atoms with Gasteiger partial charge in [-0.05, 0) is 43.2 Å². The van der Waals surface area contributed by atoms with E-state index in [-0.39, 0.29) is 4.90 Å². The zero-order valence-corrected chi connectivity index (χ0v) is 18.4. The molecule has 2 N–H and O–H groups in total. The number of fused-ring (bicyclic) bond motifs is 3. The Balaban J connectivity index is 2.04. The van der Waals surface area contributed by atoms with E-state index in [4.69, 9.17) is 9.15 Å². The predicted octanol–water partition coefficient (Wildman–Crippen LogP) is 3.57. The topological polar surface area (TPSA) is 126 Å². The largest absolute Gasteiger partial charge is 0.480 e. The van der Waals surface area contributed by atoms with Gasteiger partial charge in [0, 0.05) is 29.1 Å². The maximum absolute atomic E-state index is 12.7. The number of carboxylic acid groups (broad SMARTS) is 1. The standard InChI is InChI=1S/C21H24N2O7S/c1-5-23(21(26)29-4)13-6-9-17-16(10-13)15-8-7-14(11-18(15)30-17)31(27,28)22-19(12(2)3)20(24)25/h6-12,19,22H,5H2,1-4H3,(H,24,25)/t19-/m0/s1. The zero-order valence-electron chi connectivity index (χ0n) is 17.6. The molecule has 1 heterocycles. The van der Waals surface area contributed by atoms with Crippen LogP contribution in [0, 0.1) is 5.92 Å². The number of carboxylic acids is 1. The molecule has 0 unspecified atom stereocenters. The molecular weight excluding hydrogens is 424 g/mol. The van der Waals surface area contributed by atoms with E-state index in [1.807, 2.05) is 6.92 Å². The average molecular weight is 448 g/mol. The molecule has 1 amide bonds. The third kappa shape index (κ3) is 4.35. The van der Waals surface area contributed by atoms with Gasteiger partial charge in [0.05, 0.1) is 12.0 Å². The van der Waals surface area contributed by atoms with Crippen LogP contribution in [-0.4, -0.2) is 45.3 Å². The molecule has 9 nitrogen and oxygen atoms in total. The lowest BCUT2D eigenvalue weighted by Gasteiger charge is -2.19. The Morgan fingerprint density at radius 2 is 1.84 bits per heavy atom. The molecular formula is C21H24N2O7S. The van der Waals surface area contributed by atoms with Crippen molar-refractivity contribution in [3.05, 3.63) is 36.4 Å². The van der Waals surface area contributed by atoms with Crippen molar-refractivity contribution in [3.63, 3.8) is 0 Å². The SMILES string of the molecule is CCN(C(=O)OC)c1ccc2oc3cc(S(=O)(=O)N[C@H](C(=O)O)C(C)C)ccc3c2c1. The van der Waals surface area contributed by atoms with Crippen molar-refractivity contribution < 1.29 is 32.3 Å². The molecule has 0 fully saturated rings. The normalized spacial score (nSPS) is 12.9. The van der Waals surface area contributed by atoms with E-state index in [1.165, 1.54) is 24.1 Å². The molecule has 0 aliphatic heterocycles. The summed E-state index contributed by atoms with van der Waals surface area (Å²) < 4.78 is 38.3. The fourth-order valence-corrected chi connectivity index (χ4v) is 4.67. The Morgan fingerprint density at radius 1 is 1.13 bits per heavy atom. The molecule has 1 aromatic heterocycles. The van der Waals surface area contributed by atoms with Gasteiger partial charge in [0.2, 0.25) is 10.0 Å². The first kappa shape index (κ1) is 22.6. The Bertz CT molecular complexity index is 1250. The molecule has 1 atom stereocenters. The first-order valence-electron chi connectivity index (χ1n) is 9.66. The summed E-state index contributed by atoms with van der Waals surface area (Å²) in [5, 5.41) is 10.7. The molecule has 0 saturated heterocycles. The Kier molecular flexibility index (Phi) is 6.23. The van der Waals surface area contributed by atoms with E-state index < -0.39 is 34.0 Å². The van der Waals surface area contributed by atoms with Gasteiger partial charge in [0.1, 0.15) is 17.2 Å². The van der Waals surface area contributed by atoms with Crippen LogP contribution in [0.15, 0.2) is 45.7 Å². The van der Waals surface area contributed by atoms with Crippen LogP contribution in [0.5, 0.6) is 0 Å². The van der Waals surface area contributed by atoms with Gasteiger partial charge in [0.25, 0.3) is 0 Å². The number of rotatable bonds is 7. The highest BCUT2D eigenvalue weighted by Crippen LogP contribution is 2.33. The van der Waals surface area contributed by atoms with Gasteiger partial charge in [-0.15, -0.1) is 0 Å². The number of amides is 1. The number of furan rings is 1. The van der Waals surface area contributed by atoms with E-state index in [1.54, 1.807) is 38.1 Å². The number of benzene rings is 2. The highest BCUT2D eigenvalue weighted by Gasteiger charge is 2.28. The minimum atomic E-state index is -4.08. The van der Waals surface area contributed by atoms with E-state index >= 15 is 0 Å². The molecule has 0 radical (unpaired) electrons. The summed E-state index contributed by atoms with van der Waals surface area (Å²) in [6, 6.07) is 8.27. The third-order valence-corrected chi connectivity index (χ3v) is 6.41. The summed E-state index contributed by atoms with van der Waals surface area (Å²) >= 11 is 0. The minimum Gasteiger partial charge on any atom is -0.480 e. The minimum absolute atomic E-state index is 0.101. The van der Waals surface area contributed by atoms with Crippen molar-refractivity contribution in [2.45, 2.75) is 31.7 Å². The first-order chi connectivity index (χ1) is 14.6. The molecule has 0 spiro atoms. The molecule has 3 aromatic rings. The molecule has 0 aliphatic carbocycles. The number of anilines is 1.